The van der Waals surface area contributed by atoms with Crippen LogP contribution in [0.3, 0.4) is 0 Å². The molecule has 6 heteroatoms. The van der Waals surface area contributed by atoms with Crippen LogP contribution in [-0.2, 0) is 10.2 Å². The summed E-state index contributed by atoms with van der Waals surface area (Å²) in [4.78, 5) is 24.7. The second-order valence-electron chi connectivity index (χ2n) is 6.30. The number of carbonyl (C=O) groups is 1. The molecule has 6 nitrogen and oxygen atoms in total. The summed E-state index contributed by atoms with van der Waals surface area (Å²) in [6, 6.07) is 2.93. The monoisotopic (exact) mass is 299 g/mol. The van der Waals surface area contributed by atoms with Gasteiger partial charge in [0.25, 0.3) is 5.69 Å². The Morgan fingerprint density at radius 3 is 2.73 bits per heavy atom. The lowest BCUT2D eigenvalue weighted by atomic mass is 9.86. The molecule has 0 atom stereocenters. The smallest absolute Gasteiger partial charge is 0.294 e. The number of anilines is 2. The molecule has 0 bridgehead atoms. The van der Waals surface area contributed by atoms with Gasteiger partial charge >= 0.3 is 0 Å². The van der Waals surface area contributed by atoms with E-state index in [9.17, 15) is 14.9 Å². The van der Waals surface area contributed by atoms with Gasteiger partial charge < -0.3 is 5.73 Å². The van der Waals surface area contributed by atoms with Crippen molar-refractivity contribution in [3.8, 4) is 11.8 Å². The van der Waals surface area contributed by atoms with Gasteiger partial charge in [-0.2, -0.15) is 0 Å². The number of hydrogen-bond donors (Lipinski definition) is 1. The van der Waals surface area contributed by atoms with E-state index in [-0.39, 0.29) is 23.8 Å². The maximum Gasteiger partial charge on any atom is 0.294 e. The van der Waals surface area contributed by atoms with Crippen LogP contribution in [0.15, 0.2) is 12.1 Å². The highest BCUT2D eigenvalue weighted by Crippen LogP contribution is 2.45. The van der Waals surface area contributed by atoms with Crippen molar-refractivity contribution in [2.24, 2.45) is 5.92 Å². The molecule has 1 aliphatic carbocycles. The largest absolute Gasteiger partial charge is 0.393 e. The number of fused-ring (bicyclic) bond motifs is 1. The molecule has 2 aliphatic rings. The van der Waals surface area contributed by atoms with Gasteiger partial charge in [-0.3, -0.25) is 19.8 Å². The molecule has 1 saturated carbocycles. The summed E-state index contributed by atoms with van der Waals surface area (Å²) >= 11 is 0. The van der Waals surface area contributed by atoms with Gasteiger partial charge in [-0.15, -0.1) is 0 Å². The summed E-state index contributed by atoms with van der Waals surface area (Å²) in [5, 5.41) is 11.1. The van der Waals surface area contributed by atoms with Crippen LogP contribution in [0.5, 0.6) is 0 Å². The number of amides is 1. The van der Waals surface area contributed by atoms with Crippen LogP contribution in [0, 0.1) is 27.9 Å². The molecule has 1 heterocycles. The molecule has 0 unspecified atom stereocenters. The van der Waals surface area contributed by atoms with Crippen LogP contribution in [0.1, 0.15) is 32.3 Å². The molecule has 1 fully saturated rings. The topological polar surface area (TPSA) is 89.5 Å². The molecule has 114 valence electrons. The number of nitro benzene ring substituents is 1. The molecule has 0 saturated heterocycles. The first-order valence-corrected chi connectivity index (χ1v) is 7.21. The van der Waals surface area contributed by atoms with Crippen LogP contribution in [-0.4, -0.2) is 17.4 Å². The average Bonchev–Trinajstić information content (AvgIpc) is 3.24. The number of benzene rings is 1. The van der Waals surface area contributed by atoms with Gasteiger partial charge in [0, 0.05) is 12.0 Å². The van der Waals surface area contributed by atoms with Crippen LogP contribution in [0.4, 0.5) is 17.1 Å². The summed E-state index contributed by atoms with van der Waals surface area (Å²) in [5.74, 6) is 6.47. The normalized spacial score (nSPS) is 18.6. The summed E-state index contributed by atoms with van der Waals surface area (Å²) in [6.45, 7) is 3.86. The Hall–Kier alpha value is -2.55. The van der Waals surface area contributed by atoms with Crippen LogP contribution >= 0.6 is 0 Å². The Balaban J connectivity index is 2.04. The number of nitro groups is 1. The van der Waals surface area contributed by atoms with E-state index in [1.54, 1.807) is 19.9 Å². The summed E-state index contributed by atoms with van der Waals surface area (Å²) in [7, 11) is 0. The average molecular weight is 299 g/mol. The van der Waals surface area contributed by atoms with Crippen molar-refractivity contribution in [2.75, 3.05) is 17.2 Å². The summed E-state index contributed by atoms with van der Waals surface area (Å²) in [6.07, 6.45) is 2.23. The summed E-state index contributed by atoms with van der Waals surface area (Å²) in [5.41, 5.74) is 6.17. The second kappa shape index (κ2) is 4.73. The zero-order chi connectivity index (χ0) is 16.1. The van der Waals surface area contributed by atoms with E-state index >= 15 is 0 Å². The molecular formula is C16H17N3O3. The first kappa shape index (κ1) is 14.4. The molecule has 1 aromatic carbocycles. The van der Waals surface area contributed by atoms with E-state index in [0.29, 0.717) is 17.2 Å². The molecule has 0 aromatic heterocycles. The fourth-order valence-electron chi connectivity index (χ4n) is 2.69. The van der Waals surface area contributed by atoms with E-state index < -0.39 is 10.3 Å². The van der Waals surface area contributed by atoms with E-state index in [1.807, 2.05) is 0 Å². The van der Waals surface area contributed by atoms with Crippen molar-refractivity contribution in [3.05, 3.63) is 27.8 Å². The standard InChI is InChI=1S/C16H17N3O3/c1-16(2)11-8-12(17)14(19(21)22)9-13(11)18(15(16)20)7-3-4-10-5-6-10/h8-10H,5-7,17H2,1-2H3. The van der Waals surface area contributed by atoms with Gasteiger partial charge in [0.15, 0.2) is 0 Å². The second-order valence-corrected chi connectivity index (χ2v) is 6.30. The fourth-order valence-corrected chi connectivity index (χ4v) is 2.69. The Morgan fingerprint density at radius 2 is 2.14 bits per heavy atom. The lowest BCUT2D eigenvalue weighted by Gasteiger charge is -2.18. The molecule has 1 aliphatic heterocycles. The van der Waals surface area contributed by atoms with Crippen molar-refractivity contribution >= 4 is 23.0 Å². The molecule has 1 amide bonds. The van der Waals surface area contributed by atoms with Crippen molar-refractivity contribution in [1.29, 1.82) is 0 Å². The highest BCUT2D eigenvalue weighted by Gasteiger charge is 2.45. The number of nitrogen functional groups attached to an aromatic ring is 1. The van der Waals surface area contributed by atoms with Crippen molar-refractivity contribution in [2.45, 2.75) is 32.1 Å². The Kier molecular flexibility index (Phi) is 3.10. The van der Waals surface area contributed by atoms with Gasteiger partial charge in [0.2, 0.25) is 5.91 Å². The predicted molar refractivity (Wildman–Crippen MR) is 83.4 cm³/mol. The van der Waals surface area contributed by atoms with E-state index in [1.165, 1.54) is 11.0 Å². The van der Waals surface area contributed by atoms with Crippen LogP contribution in [0.2, 0.25) is 0 Å². The first-order chi connectivity index (χ1) is 10.3. The molecule has 22 heavy (non-hydrogen) atoms. The molecule has 1 aromatic rings. The third-order valence-electron chi connectivity index (χ3n) is 4.21. The number of rotatable bonds is 2. The Bertz CT molecular complexity index is 739. The SMILES string of the molecule is CC1(C)C(=O)N(CC#CC2CC2)c2cc([N+](=O)[O-])c(N)cc21. The van der Waals surface area contributed by atoms with Gasteiger partial charge in [0.1, 0.15) is 5.69 Å². The van der Waals surface area contributed by atoms with Crippen LogP contribution in [0.25, 0.3) is 0 Å². The summed E-state index contributed by atoms with van der Waals surface area (Å²) < 4.78 is 0. The lowest BCUT2D eigenvalue weighted by Crippen LogP contribution is -2.36. The zero-order valence-corrected chi connectivity index (χ0v) is 12.5. The first-order valence-electron chi connectivity index (χ1n) is 7.21. The minimum atomic E-state index is -0.750. The predicted octanol–water partition coefficient (Wildman–Crippen LogP) is 2.21. The minimum absolute atomic E-state index is 0.0792. The third kappa shape index (κ3) is 2.19. The number of hydrogen-bond acceptors (Lipinski definition) is 4. The number of nitrogens with two attached hydrogens (primary N) is 1. The highest BCUT2D eigenvalue weighted by atomic mass is 16.6. The van der Waals surface area contributed by atoms with E-state index in [2.05, 4.69) is 11.8 Å². The number of carbonyl (C=O) groups excluding carboxylic acids is 1. The molecule has 0 spiro atoms. The van der Waals surface area contributed by atoms with Gasteiger partial charge in [-0.25, -0.2) is 0 Å². The van der Waals surface area contributed by atoms with Crippen molar-refractivity contribution < 1.29 is 9.72 Å². The highest BCUT2D eigenvalue weighted by molar-refractivity contribution is 6.08. The lowest BCUT2D eigenvalue weighted by molar-refractivity contribution is -0.383. The minimum Gasteiger partial charge on any atom is -0.393 e. The van der Waals surface area contributed by atoms with E-state index in [0.717, 1.165) is 12.8 Å². The third-order valence-corrected chi connectivity index (χ3v) is 4.21. The molecular weight excluding hydrogens is 282 g/mol. The maximum absolute atomic E-state index is 12.6. The Morgan fingerprint density at radius 1 is 1.45 bits per heavy atom. The number of nitrogens with zero attached hydrogens (tertiary/aromatic N) is 2. The van der Waals surface area contributed by atoms with Crippen molar-refractivity contribution in [3.63, 3.8) is 0 Å². The van der Waals surface area contributed by atoms with Gasteiger partial charge in [-0.1, -0.05) is 11.8 Å². The van der Waals surface area contributed by atoms with Gasteiger partial charge in [0.05, 0.1) is 22.6 Å². The Labute approximate surface area is 128 Å². The van der Waals surface area contributed by atoms with E-state index in [4.69, 9.17) is 5.73 Å². The van der Waals surface area contributed by atoms with Gasteiger partial charge in [-0.05, 0) is 38.3 Å². The fraction of sp³-hybridized carbons (Fsp3) is 0.438. The molecule has 3 rings (SSSR count). The van der Waals surface area contributed by atoms with Crippen molar-refractivity contribution in [1.82, 2.24) is 0 Å². The quantitative estimate of drug-likeness (QED) is 0.392. The molecule has 2 N–H and O–H groups in total. The maximum atomic E-state index is 12.6. The molecule has 0 radical (unpaired) electrons. The zero-order valence-electron chi connectivity index (χ0n) is 12.5. The van der Waals surface area contributed by atoms with Crippen LogP contribution < -0.4 is 10.6 Å².